The molecule has 20 heavy (non-hydrogen) atoms. The molecule has 0 atom stereocenters. The Balaban J connectivity index is 1.84. The third-order valence-electron chi connectivity index (χ3n) is 3.30. The minimum atomic E-state index is -4.46. The maximum absolute atomic E-state index is 12.6. The van der Waals surface area contributed by atoms with Crippen molar-refractivity contribution in [2.75, 3.05) is 5.32 Å². The number of hydrogen-bond donors (Lipinski definition) is 1. The second-order valence-corrected chi connectivity index (χ2v) is 4.73. The lowest BCUT2D eigenvalue weighted by Crippen LogP contribution is -2.10. The lowest BCUT2D eigenvalue weighted by atomic mass is 10.1. The number of aryl methyl sites for hydroxylation is 2. The third-order valence-corrected chi connectivity index (χ3v) is 3.30. The number of hydrogen-bond acceptors (Lipinski definition) is 3. The predicted octanol–water partition coefficient (Wildman–Crippen LogP) is 3.73. The Labute approximate surface area is 113 Å². The van der Waals surface area contributed by atoms with Gasteiger partial charge in [-0.2, -0.15) is 13.2 Å². The average Bonchev–Trinajstić information content (AvgIpc) is 2.85. The first-order valence-electron chi connectivity index (χ1n) is 6.31. The fourth-order valence-electron chi connectivity index (χ4n) is 2.36. The van der Waals surface area contributed by atoms with Crippen LogP contribution in [0.4, 0.5) is 24.8 Å². The second kappa shape index (κ2) is 4.77. The number of nitrogens with one attached hydrogen (secondary N) is 1. The zero-order valence-electron chi connectivity index (χ0n) is 10.5. The van der Waals surface area contributed by atoms with Crippen molar-refractivity contribution >= 4 is 11.6 Å². The van der Waals surface area contributed by atoms with E-state index in [0.29, 0.717) is 5.69 Å². The van der Waals surface area contributed by atoms with E-state index in [4.69, 9.17) is 0 Å². The average molecular weight is 279 g/mol. The van der Waals surface area contributed by atoms with Crippen LogP contribution in [0.15, 0.2) is 30.5 Å². The number of halogens is 3. The van der Waals surface area contributed by atoms with Gasteiger partial charge in [0, 0.05) is 11.9 Å². The SMILES string of the molecule is FC(F)(F)c1ccnc(Nc2ccc3c(c2)CCC3)n1. The van der Waals surface area contributed by atoms with Crippen LogP contribution in [0.25, 0.3) is 0 Å². The Morgan fingerprint density at radius 1 is 1.05 bits per heavy atom. The van der Waals surface area contributed by atoms with Gasteiger partial charge in [-0.25, -0.2) is 9.97 Å². The summed E-state index contributed by atoms with van der Waals surface area (Å²) in [4.78, 5) is 7.31. The number of nitrogens with zero attached hydrogens (tertiary/aromatic N) is 2. The maximum Gasteiger partial charge on any atom is 0.433 e. The lowest BCUT2D eigenvalue weighted by Gasteiger charge is -2.09. The highest BCUT2D eigenvalue weighted by Gasteiger charge is 2.32. The molecule has 3 nitrogen and oxygen atoms in total. The van der Waals surface area contributed by atoms with Crippen LogP contribution < -0.4 is 5.32 Å². The summed E-state index contributed by atoms with van der Waals surface area (Å²) in [5, 5.41) is 2.82. The summed E-state index contributed by atoms with van der Waals surface area (Å²) in [5.74, 6) is -0.0437. The number of rotatable bonds is 2. The summed E-state index contributed by atoms with van der Waals surface area (Å²) < 4.78 is 37.7. The molecule has 0 radical (unpaired) electrons. The fourth-order valence-corrected chi connectivity index (χ4v) is 2.36. The van der Waals surface area contributed by atoms with Crippen LogP contribution in [0.1, 0.15) is 23.2 Å². The van der Waals surface area contributed by atoms with E-state index < -0.39 is 11.9 Å². The Morgan fingerprint density at radius 3 is 2.65 bits per heavy atom. The molecule has 1 heterocycles. The molecular weight excluding hydrogens is 267 g/mol. The largest absolute Gasteiger partial charge is 0.433 e. The first-order valence-corrected chi connectivity index (χ1v) is 6.31. The van der Waals surface area contributed by atoms with E-state index in [1.165, 1.54) is 11.1 Å². The summed E-state index contributed by atoms with van der Waals surface area (Å²) in [6, 6.07) is 6.64. The summed E-state index contributed by atoms with van der Waals surface area (Å²) in [6.07, 6.45) is -0.161. The van der Waals surface area contributed by atoms with Gasteiger partial charge >= 0.3 is 6.18 Å². The molecule has 1 aliphatic carbocycles. The molecular formula is C14H12F3N3. The number of benzene rings is 1. The summed E-state index contributed by atoms with van der Waals surface area (Å²) >= 11 is 0. The van der Waals surface area contributed by atoms with Crippen molar-refractivity contribution in [1.29, 1.82) is 0 Å². The topological polar surface area (TPSA) is 37.8 Å². The monoisotopic (exact) mass is 279 g/mol. The first kappa shape index (κ1) is 12.9. The molecule has 3 rings (SSSR count). The molecule has 0 amide bonds. The highest BCUT2D eigenvalue weighted by Crippen LogP contribution is 2.29. The third kappa shape index (κ3) is 2.59. The standard InChI is InChI=1S/C14H12F3N3/c15-14(16,17)12-6-7-18-13(20-12)19-11-5-4-9-2-1-3-10(9)8-11/h4-8H,1-3H2,(H,18,19,20). The zero-order chi connectivity index (χ0) is 14.2. The zero-order valence-corrected chi connectivity index (χ0v) is 10.5. The van der Waals surface area contributed by atoms with Gasteiger partial charge < -0.3 is 5.32 Å². The number of aromatic nitrogens is 2. The van der Waals surface area contributed by atoms with Gasteiger partial charge in [0.25, 0.3) is 0 Å². The minimum Gasteiger partial charge on any atom is -0.324 e. The van der Waals surface area contributed by atoms with Crippen LogP contribution in [0.3, 0.4) is 0 Å². The van der Waals surface area contributed by atoms with E-state index in [1.807, 2.05) is 18.2 Å². The van der Waals surface area contributed by atoms with E-state index in [0.717, 1.165) is 31.5 Å². The van der Waals surface area contributed by atoms with E-state index >= 15 is 0 Å². The Morgan fingerprint density at radius 2 is 1.85 bits per heavy atom. The van der Waals surface area contributed by atoms with E-state index in [2.05, 4.69) is 15.3 Å². The van der Waals surface area contributed by atoms with Gasteiger partial charge in [0.2, 0.25) is 5.95 Å². The fraction of sp³-hybridized carbons (Fsp3) is 0.286. The summed E-state index contributed by atoms with van der Waals surface area (Å²) in [7, 11) is 0. The minimum absolute atomic E-state index is 0.0437. The van der Waals surface area contributed by atoms with Gasteiger partial charge in [-0.15, -0.1) is 0 Å². The van der Waals surface area contributed by atoms with Crippen LogP contribution >= 0.6 is 0 Å². The van der Waals surface area contributed by atoms with Crippen molar-refractivity contribution in [3.8, 4) is 0 Å². The molecule has 0 unspecified atom stereocenters. The van der Waals surface area contributed by atoms with Crippen molar-refractivity contribution in [2.45, 2.75) is 25.4 Å². The highest BCUT2D eigenvalue weighted by atomic mass is 19.4. The molecule has 0 spiro atoms. The van der Waals surface area contributed by atoms with Gasteiger partial charge in [-0.1, -0.05) is 6.07 Å². The molecule has 1 aliphatic rings. The van der Waals surface area contributed by atoms with Crippen LogP contribution in [-0.2, 0) is 19.0 Å². The Hall–Kier alpha value is -2.11. The van der Waals surface area contributed by atoms with Gasteiger partial charge in [0.1, 0.15) is 5.69 Å². The number of fused-ring (bicyclic) bond motifs is 1. The number of anilines is 2. The Kier molecular flexibility index (Phi) is 3.08. The van der Waals surface area contributed by atoms with Crippen molar-refractivity contribution in [1.82, 2.24) is 9.97 Å². The quantitative estimate of drug-likeness (QED) is 0.910. The molecule has 0 bridgehead atoms. The molecule has 6 heteroatoms. The van der Waals surface area contributed by atoms with Crippen molar-refractivity contribution in [3.63, 3.8) is 0 Å². The Bertz CT molecular complexity index is 638. The predicted molar refractivity (Wildman–Crippen MR) is 68.8 cm³/mol. The molecule has 1 aromatic heterocycles. The van der Waals surface area contributed by atoms with E-state index in [-0.39, 0.29) is 5.95 Å². The molecule has 0 aliphatic heterocycles. The second-order valence-electron chi connectivity index (χ2n) is 4.73. The molecule has 1 aromatic carbocycles. The van der Waals surface area contributed by atoms with Crippen LogP contribution in [0.2, 0.25) is 0 Å². The summed E-state index contributed by atoms with van der Waals surface area (Å²) in [6.45, 7) is 0. The molecule has 0 saturated heterocycles. The van der Waals surface area contributed by atoms with Crippen LogP contribution in [-0.4, -0.2) is 9.97 Å². The van der Waals surface area contributed by atoms with Gasteiger partial charge in [-0.3, -0.25) is 0 Å². The lowest BCUT2D eigenvalue weighted by molar-refractivity contribution is -0.141. The molecule has 0 fully saturated rings. The van der Waals surface area contributed by atoms with E-state index in [9.17, 15) is 13.2 Å². The van der Waals surface area contributed by atoms with Crippen molar-refractivity contribution < 1.29 is 13.2 Å². The molecule has 2 aromatic rings. The smallest absolute Gasteiger partial charge is 0.324 e. The van der Waals surface area contributed by atoms with Crippen molar-refractivity contribution in [3.05, 3.63) is 47.3 Å². The van der Waals surface area contributed by atoms with Gasteiger partial charge in [0.05, 0.1) is 0 Å². The molecule has 1 N–H and O–H groups in total. The summed E-state index contributed by atoms with van der Waals surface area (Å²) in [5.41, 5.74) is 2.31. The van der Waals surface area contributed by atoms with Gasteiger partial charge in [0.15, 0.2) is 0 Å². The first-order chi connectivity index (χ1) is 9.52. The van der Waals surface area contributed by atoms with Gasteiger partial charge in [-0.05, 0) is 48.6 Å². The van der Waals surface area contributed by atoms with Crippen LogP contribution in [0, 0.1) is 0 Å². The highest BCUT2D eigenvalue weighted by molar-refractivity contribution is 5.56. The number of alkyl halides is 3. The van der Waals surface area contributed by atoms with E-state index in [1.54, 1.807) is 0 Å². The normalized spacial score (nSPS) is 14.2. The van der Waals surface area contributed by atoms with Crippen LogP contribution in [0.5, 0.6) is 0 Å². The van der Waals surface area contributed by atoms with Crippen molar-refractivity contribution in [2.24, 2.45) is 0 Å². The molecule has 0 saturated carbocycles. The molecule has 104 valence electrons. The maximum atomic E-state index is 12.6.